The second-order valence-corrected chi connectivity index (χ2v) is 41.5. The maximum atomic E-state index is 7.52. The molecule has 6 heteroatoms. The zero-order chi connectivity index (χ0) is 35.6. The molecule has 0 bridgehead atoms. The molecule has 0 aromatic heterocycles. The first-order valence-electron chi connectivity index (χ1n) is 17.3. The van der Waals surface area contributed by atoms with Gasteiger partial charge in [-0.25, -0.2) is 0 Å². The van der Waals surface area contributed by atoms with Gasteiger partial charge in [0, 0.05) is 0 Å². The third-order valence-corrected chi connectivity index (χ3v) is 48.9. The van der Waals surface area contributed by atoms with Gasteiger partial charge < -0.3 is 0 Å². The van der Waals surface area contributed by atoms with Crippen molar-refractivity contribution in [1.29, 1.82) is 0 Å². The van der Waals surface area contributed by atoms with Crippen LogP contribution in [0, 0.1) is 0 Å². The van der Waals surface area contributed by atoms with E-state index in [1.54, 1.807) is 0 Å². The predicted octanol–water partition coefficient (Wildman–Crippen LogP) is 10.6. The van der Waals surface area contributed by atoms with Gasteiger partial charge in [-0.15, -0.1) is 0 Å². The molecule has 0 radical (unpaired) electrons. The molecule has 0 heterocycles. The number of allylic oxidation sites excluding steroid dienone is 8. The van der Waals surface area contributed by atoms with E-state index in [0.29, 0.717) is 9.02 Å². The Morgan fingerprint density at radius 1 is 0.288 bits per heavy atom. The average Bonchev–Trinajstić information content (AvgIpc) is 3.98. The van der Waals surface area contributed by atoms with Gasteiger partial charge in [0.05, 0.1) is 0 Å². The average molecular weight is 930 g/mol. The van der Waals surface area contributed by atoms with Gasteiger partial charge in [0.25, 0.3) is 0 Å². The Morgan fingerprint density at radius 3 is 0.635 bits per heavy atom. The zero-order valence-corrected chi connectivity index (χ0v) is 35.5. The van der Waals surface area contributed by atoms with Gasteiger partial charge in [0.2, 0.25) is 0 Å². The van der Waals surface area contributed by atoms with E-state index >= 15 is 0 Å². The van der Waals surface area contributed by atoms with Crippen LogP contribution in [0.3, 0.4) is 0 Å². The number of benzene rings is 6. The summed E-state index contributed by atoms with van der Waals surface area (Å²) in [5.41, 5.74) is -4.57. The van der Waals surface area contributed by atoms with Crippen LogP contribution in [0.25, 0.3) is 0 Å². The molecule has 2 aliphatic carbocycles. The fourth-order valence-corrected chi connectivity index (χ4v) is 46.7. The molecule has 0 fully saturated rings. The third kappa shape index (κ3) is 7.51. The summed E-state index contributed by atoms with van der Waals surface area (Å²) in [6.45, 7) is 0. The van der Waals surface area contributed by atoms with Crippen molar-refractivity contribution in [2.24, 2.45) is 0 Å². The summed E-state index contributed by atoms with van der Waals surface area (Å²) in [5.74, 6) is 0. The van der Waals surface area contributed by atoms with Gasteiger partial charge in [-0.3, -0.25) is 0 Å². The van der Waals surface area contributed by atoms with Crippen molar-refractivity contribution in [2.45, 2.75) is 9.02 Å². The van der Waals surface area contributed by atoms with E-state index in [2.05, 4.69) is 231 Å². The summed E-state index contributed by atoms with van der Waals surface area (Å²) >= 11 is -3.61. The Balaban J connectivity index is 0.000000162. The van der Waals surface area contributed by atoms with E-state index in [9.17, 15) is 0 Å². The van der Waals surface area contributed by atoms with E-state index in [1.165, 1.54) is 31.8 Å². The van der Waals surface area contributed by atoms with Gasteiger partial charge in [-0.05, 0) is 0 Å². The van der Waals surface area contributed by atoms with Crippen LogP contribution in [-0.2, 0) is 29.0 Å². The summed E-state index contributed by atoms with van der Waals surface area (Å²) in [5, 5.41) is 8.50. The van der Waals surface area contributed by atoms with E-state index in [0.717, 1.165) is 0 Å². The van der Waals surface area contributed by atoms with Gasteiger partial charge in [-0.2, -0.15) is 0 Å². The first kappa shape index (κ1) is 37.3. The molecule has 0 amide bonds. The molecule has 0 unspecified atom stereocenters. The summed E-state index contributed by atoms with van der Waals surface area (Å²) in [6.07, 6.45) is 17.8. The van der Waals surface area contributed by atoms with Gasteiger partial charge in [-0.1, -0.05) is 0 Å². The number of hydrogen-bond acceptors (Lipinski definition) is 0. The molecular weight excluding hydrogens is 887 g/mol. The van der Waals surface area contributed by atoms with E-state index in [1.807, 2.05) is 0 Å². The molecule has 0 spiro atoms. The van der Waals surface area contributed by atoms with Crippen molar-refractivity contribution < 1.29 is 29.0 Å². The fourth-order valence-electron chi connectivity index (χ4n) is 6.96. The van der Waals surface area contributed by atoms with E-state index in [4.69, 9.17) is 19.4 Å². The first-order chi connectivity index (χ1) is 25.7. The Hall–Kier alpha value is -3.03. The Morgan fingerprint density at radius 2 is 0.462 bits per heavy atom. The second kappa shape index (κ2) is 17.9. The summed E-state index contributed by atoms with van der Waals surface area (Å²) in [7, 11) is 15.0. The summed E-state index contributed by atoms with van der Waals surface area (Å²) < 4.78 is 0.766. The molecule has 6 aromatic rings. The predicted molar refractivity (Wildman–Crippen MR) is 229 cm³/mol. The number of halogens is 2. The molecule has 0 saturated heterocycles. The molecule has 0 saturated carbocycles. The van der Waals surface area contributed by atoms with Crippen LogP contribution in [0.1, 0.15) is 0 Å². The quantitative estimate of drug-likeness (QED) is 0.0949. The van der Waals surface area contributed by atoms with Crippen LogP contribution < -0.4 is 31.8 Å². The van der Waals surface area contributed by atoms with E-state index in [-0.39, 0.29) is 0 Å². The summed E-state index contributed by atoms with van der Waals surface area (Å²) in [4.78, 5) is 0. The Bertz CT molecular complexity index is 1750. The molecule has 266 valence electrons. The minimum atomic E-state index is -2.29. The minimum absolute atomic E-state index is 0.383. The molecule has 0 aliphatic heterocycles. The standard InChI is InChI=1S/2C18H15P.2C5H5.2ClH.2Ru/c2*1-4-10-16(11-5-1)19(17-12-6-2-7-13-17)18-14-8-3-9-15-18;2*1-2-4-5-3-1;;;;/h2*1-15H;2*1-5H;2*1H;;. The normalized spacial score (nSPS) is 15.2. The van der Waals surface area contributed by atoms with Crippen molar-refractivity contribution in [1.82, 2.24) is 0 Å². The maximum absolute atomic E-state index is 7.52. The topological polar surface area (TPSA) is 0 Å². The van der Waals surface area contributed by atoms with Gasteiger partial charge in [0.1, 0.15) is 0 Å². The molecule has 6 aromatic carbocycles. The van der Waals surface area contributed by atoms with Crippen LogP contribution >= 0.6 is 30.6 Å². The van der Waals surface area contributed by atoms with Crippen molar-refractivity contribution in [2.75, 3.05) is 0 Å². The summed E-state index contributed by atoms with van der Waals surface area (Å²) in [6, 6.07) is 65.9. The molecule has 0 nitrogen and oxygen atoms in total. The van der Waals surface area contributed by atoms with Crippen LogP contribution in [0.15, 0.2) is 231 Å². The van der Waals surface area contributed by atoms with Crippen molar-refractivity contribution in [3.63, 3.8) is 0 Å². The van der Waals surface area contributed by atoms with Crippen LogP contribution in [-0.4, -0.2) is 0 Å². The van der Waals surface area contributed by atoms with Gasteiger partial charge in [0.15, 0.2) is 0 Å². The SMILES string of the molecule is [Cl][Ru]([CH]1C=CC=C1)[PH](c1ccccc1)(c1ccccc1)c1ccccc1.[Cl][Ru]([CH]1C=CC=C1)[PH](c1ccccc1)(c1ccccc1)c1ccccc1. The second-order valence-electron chi connectivity index (χ2n) is 12.4. The van der Waals surface area contributed by atoms with Crippen molar-refractivity contribution in [3.05, 3.63) is 231 Å². The molecular formula is C46H42Cl2P2Ru2. The Kier molecular flexibility index (Phi) is 12.8. The zero-order valence-electron chi connectivity index (χ0n) is 28.6. The van der Waals surface area contributed by atoms with Crippen LogP contribution in [0.2, 0.25) is 9.02 Å². The monoisotopic (exact) mass is 930 g/mol. The van der Waals surface area contributed by atoms with Crippen molar-refractivity contribution >= 4 is 62.4 Å². The molecule has 0 atom stereocenters. The van der Waals surface area contributed by atoms with Crippen molar-refractivity contribution in [3.8, 4) is 0 Å². The van der Waals surface area contributed by atoms with Gasteiger partial charge >= 0.3 is 331 Å². The Labute approximate surface area is 328 Å². The fraction of sp³-hybridized carbons (Fsp3) is 0.0435. The third-order valence-electron chi connectivity index (χ3n) is 9.29. The molecule has 2 aliphatic rings. The number of hydrogen-bond donors (Lipinski definition) is 0. The molecule has 0 N–H and O–H groups in total. The molecule has 52 heavy (non-hydrogen) atoms. The van der Waals surface area contributed by atoms with E-state index < -0.39 is 40.1 Å². The van der Waals surface area contributed by atoms with Crippen LogP contribution in [0.5, 0.6) is 0 Å². The number of rotatable bonds is 10. The van der Waals surface area contributed by atoms with Crippen LogP contribution in [0.4, 0.5) is 0 Å². The first-order valence-corrected chi connectivity index (χ1v) is 32.7. The molecule has 8 rings (SSSR count).